The third kappa shape index (κ3) is 2.57. The van der Waals surface area contributed by atoms with E-state index in [0.717, 1.165) is 31.7 Å². The van der Waals surface area contributed by atoms with E-state index in [9.17, 15) is 13.2 Å². The van der Waals surface area contributed by atoms with Gasteiger partial charge in [0.05, 0.1) is 0 Å². The number of fused-ring (bicyclic) bond motifs is 1. The second-order valence-electron chi connectivity index (χ2n) is 5.11. The first-order valence-corrected chi connectivity index (χ1v) is 6.72. The molecule has 0 spiro atoms. The van der Waals surface area contributed by atoms with E-state index in [1.165, 1.54) is 23.3 Å². The normalized spacial score (nSPS) is 17.6. The fraction of sp³-hybridized carbons (Fsp3) is 0.538. The third-order valence-corrected chi connectivity index (χ3v) is 3.63. The summed E-state index contributed by atoms with van der Waals surface area (Å²) < 4.78 is 39.3. The highest BCUT2D eigenvalue weighted by Crippen LogP contribution is 2.30. The summed E-state index contributed by atoms with van der Waals surface area (Å²) in [6.07, 6.45) is 4.03. The highest BCUT2D eigenvalue weighted by atomic mass is 19.4. The molecule has 0 atom stereocenters. The molecule has 3 rings (SSSR count). The van der Waals surface area contributed by atoms with Crippen LogP contribution in [0.4, 0.5) is 19.0 Å². The topological polar surface area (TPSA) is 42.2 Å². The van der Waals surface area contributed by atoms with Gasteiger partial charge in [-0.2, -0.15) is 18.3 Å². The first kappa shape index (κ1) is 13.2. The molecule has 0 aromatic carbocycles. The van der Waals surface area contributed by atoms with Crippen LogP contribution in [0.15, 0.2) is 18.5 Å². The highest BCUT2D eigenvalue weighted by Gasteiger charge is 2.34. The molecule has 108 valence electrons. The number of hydrogen-bond donors (Lipinski definition) is 1. The Balaban J connectivity index is 1.92. The molecule has 0 bridgehead atoms. The van der Waals surface area contributed by atoms with Crippen molar-refractivity contribution < 1.29 is 13.2 Å². The van der Waals surface area contributed by atoms with Gasteiger partial charge in [0.25, 0.3) is 0 Å². The predicted molar refractivity (Wildman–Crippen MR) is 68.5 cm³/mol. The number of alkyl halides is 3. The van der Waals surface area contributed by atoms with Crippen LogP contribution in [0.25, 0.3) is 5.52 Å². The van der Waals surface area contributed by atoms with E-state index in [4.69, 9.17) is 0 Å². The van der Waals surface area contributed by atoms with Gasteiger partial charge in [-0.25, -0.2) is 9.50 Å². The summed E-state index contributed by atoms with van der Waals surface area (Å²) in [5.41, 5.74) is -0.525. The molecule has 7 heteroatoms. The Labute approximate surface area is 114 Å². The Morgan fingerprint density at radius 2 is 1.95 bits per heavy atom. The van der Waals surface area contributed by atoms with Crippen molar-refractivity contribution in [1.29, 1.82) is 0 Å². The van der Waals surface area contributed by atoms with Gasteiger partial charge in [0.1, 0.15) is 5.52 Å². The Hall–Kier alpha value is -1.79. The number of anilines is 1. The van der Waals surface area contributed by atoms with Gasteiger partial charge in [-0.3, -0.25) is 0 Å². The molecule has 1 fully saturated rings. The molecular formula is C13H15F3N4. The van der Waals surface area contributed by atoms with Crippen LogP contribution in [-0.2, 0) is 6.18 Å². The molecule has 0 radical (unpaired) electrons. The van der Waals surface area contributed by atoms with Crippen molar-refractivity contribution in [2.24, 2.45) is 0 Å². The molecule has 1 aliphatic rings. The zero-order chi connectivity index (χ0) is 14.2. The van der Waals surface area contributed by atoms with Crippen molar-refractivity contribution in [3.63, 3.8) is 0 Å². The van der Waals surface area contributed by atoms with E-state index in [1.807, 2.05) is 0 Å². The predicted octanol–water partition coefficient (Wildman–Crippen LogP) is 3.49. The summed E-state index contributed by atoms with van der Waals surface area (Å²) in [6.45, 7) is 0. The van der Waals surface area contributed by atoms with E-state index >= 15 is 0 Å². The zero-order valence-electron chi connectivity index (χ0n) is 10.8. The zero-order valence-corrected chi connectivity index (χ0v) is 10.8. The van der Waals surface area contributed by atoms with Crippen LogP contribution in [0.1, 0.15) is 37.8 Å². The lowest BCUT2D eigenvalue weighted by molar-refractivity contribution is -0.141. The smallest absolute Gasteiger partial charge is 0.366 e. The molecule has 1 saturated carbocycles. The lowest BCUT2D eigenvalue weighted by atomic mass is 9.95. The maximum atomic E-state index is 12.7. The van der Waals surface area contributed by atoms with Crippen molar-refractivity contribution in [2.75, 3.05) is 5.32 Å². The lowest BCUT2D eigenvalue weighted by Crippen LogP contribution is -2.23. The monoisotopic (exact) mass is 284 g/mol. The van der Waals surface area contributed by atoms with Crippen molar-refractivity contribution in [1.82, 2.24) is 14.6 Å². The van der Waals surface area contributed by atoms with Gasteiger partial charge in [0.2, 0.25) is 0 Å². The van der Waals surface area contributed by atoms with Gasteiger partial charge in [0, 0.05) is 24.5 Å². The lowest BCUT2D eigenvalue weighted by Gasteiger charge is -2.23. The Bertz CT molecular complexity index is 599. The molecule has 0 amide bonds. The molecule has 0 saturated heterocycles. The van der Waals surface area contributed by atoms with Crippen LogP contribution >= 0.6 is 0 Å². The Morgan fingerprint density at radius 3 is 2.65 bits per heavy atom. The summed E-state index contributed by atoms with van der Waals surface area (Å²) >= 11 is 0. The fourth-order valence-electron chi connectivity index (χ4n) is 2.61. The van der Waals surface area contributed by atoms with Crippen LogP contribution in [0.2, 0.25) is 0 Å². The summed E-state index contributed by atoms with van der Waals surface area (Å²) in [7, 11) is 0. The van der Waals surface area contributed by atoms with E-state index in [0.29, 0.717) is 11.3 Å². The van der Waals surface area contributed by atoms with Crippen molar-refractivity contribution >= 4 is 11.3 Å². The molecule has 0 unspecified atom stereocenters. The standard InChI is InChI=1S/C13H15F3N4/c14-13(15,16)11-8-10-12(17-6-7-20(10)19-11)18-9-4-2-1-3-5-9/h6-9H,1-5H2,(H,17,18). The first-order chi connectivity index (χ1) is 9.54. The molecule has 2 heterocycles. The van der Waals surface area contributed by atoms with E-state index < -0.39 is 11.9 Å². The maximum Gasteiger partial charge on any atom is 0.435 e. The van der Waals surface area contributed by atoms with Crippen molar-refractivity contribution in [2.45, 2.75) is 44.3 Å². The van der Waals surface area contributed by atoms with Crippen molar-refractivity contribution in [3.8, 4) is 0 Å². The van der Waals surface area contributed by atoms with Crippen molar-refractivity contribution in [3.05, 3.63) is 24.2 Å². The molecular weight excluding hydrogens is 269 g/mol. The van der Waals surface area contributed by atoms with Gasteiger partial charge in [-0.1, -0.05) is 19.3 Å². The van der Waals surface area contributed by atoms with Gasteiger partial charge < -0.3 is 5.32 Å². The first-order valence-electron chi connectivity index (χ1n) is 6.72. The number of rotatable bonds is 2. The minimum atomic E-state index is -4.44. The second-order valence-corrected chi connectivity index (χ2v) is 5.11. The largest absolute Gasteiger partial charge is 0.435 e. The number of halogens is 3. The Kier molecular flexibility index (Phi) is 3.27. The molecule has 2 aromatic rings. The minimum Gasteiger partial charge on any atom is -0.366 e. The summed E-state index contributed by atoms with van der Waals surface area (Å²) in [4.78, 5) is 4.16. The molecule has 4 nitrogen and oxygen atoms in total. The van der Waals surface area contributed by atoms with Crippen LogP contribution in [0, 0.1) is 0 Å². The van der Waals surface area contributed by atoms with Gasteiger partial charge in [0.15, 0.2) is 11.5 Å². The van der Waals surface area contributed by atoms with E-state index in [-0.39, 0.29) is 6.04 Å². The molecule has 1 aliphatic carbocycles. The van der Waals surface area contributed by atoms with Crippen LogP contribution in [0.5, 0.6) is 0 Å². The molecule has 20 heavy (non-hydrogen) atoms. The highest BCUT2D eigenvalue weighted by molar-refractivity contribution is 5.68. The summed E-state index contributed by atoms with van der Waals surface area (Å²) in [5.74, 6) is 0.474. The van der Waals surface area contributed by atoms with Crippen LogP contribution in [-0.4, -0.2) is 20.6 Å². The quantitative estimate of drug-likeness (QED) is 0.918. The van der Waals surface area contributed by atoms with Crippen LogP contribution < -0.4 is 5.32 Å². The fourth-order valence-corrected chi connectivity index (χ4v) is 2.61. The van der Waals surface area contributed by atoms with E-state index in [1.54, 1.807) is 0 Å². The average Bonchev–Trinajstić information content (AvgIpc) is 2.85. The van der Waals surface area contributed by atoms with Crippen LogP contribution in [0.3, 0.4) is 0 Å². The molecule has 2 aromatic heterocycles. The SMILES string of the molecule is FC(F)(F)c1cc2c(NC3CCCCC3)nccn2n1. The van der Waals surface area contributed by atoms with E-state index in [2.05, 4.69) is 15.4 Å². The molecule has 0 aliphatic heterocycles. The average molecular weight is 284 g/mol. The minimum absolute atomic E-state index is 0.284. The number of hydrogen-bond acceptors (Lipinski definition) is 3. The second kappa shape index (κ2) is 4.96. The van der Waals surface area contributed by atoms with Gasteiger partial charge in [-0.15, -0.1) is 0 Å². The Morgan fingerprint density at radius 1 is 1.20 bits per heavy atom. The number of nitrogens with one attached hydrogen (secondary N) is 1. The summed E-state index contributed by atoms with van der Waals surface area (Å²) in [5, 5.41) is 6.80. The summed E-state index contributed by atoms with van der Waals surface area (Å²) in [6, 6.07) is 1.32. The van der Waals surface area contributed by atoms with Gasteiger partial charge >= 0.3 is 6.18 Å². The third-order valence-electron chi connectivity index (χ3n) is 3.63. The molecule has 1 N–H and O–H groups in total. The number of aromatic nitrogens is 3. The number of nitrogens with zero attached hydrogens (tertiary/aromatic N) is 3. The maximum absolute atomic E-state index is 12.7. The van der Waals surface area contributed by atoms with Gasteiger partial charge in [-0.05, 0) is 12.8 Å².